The van der Waals surface area contributed by atoms with Gasteiger partial charge in [-0.15, -0.1) is 0 Å². The van der Waals surface area contributed by atoms with Gasteiger partial charge < -0.3 is 13.8 Å². The molecule has 7 nitrogen and oxygen atoms in total. The third-order valence-electron chi connectivity index (χ3n) is 12.6. The van der Waals surface area contributed by atoms with Crippen molar-refractivity contribution < 1.29 is 13.8 Å². The first-order valence-electron chi connectivity index (χ1n) is 21.2. The lowest BCUT2D eigenvalue weighted by Crippen LogP contribution is -2.25. The molecule has 0 aliphatic carbocycles. The summed E-state index contributed by atoms with van der Waals surface area (Å²) in [5, 5.41) is 4.83. The van der Waals surface area contributed by atoms with Crippen LogP contribution in [0, 0.1) is 41.5 Å². The minimum Gasteiger partial charge on any atom is -0.449 e. The molecular formula is C53H48N4O3P2. The molecular weight excluding hydrogens is 803 g/mol. The van der Waals surface area contributed by atoms with Crippen molar-refractivity contribution in [2.75, 3.05) is 0 Å². The molecule has 0 fully saturated rings. The first-order chi connectivity index (χ1) is 30.0. The number of aromatic nitrogens is 4. The average molecular weight is 851 g/mol. The molecule has 11 rings (SSSR count). The molecule has 0 spiro atoms. The van der Waals surface area contributed by atoms with Gasteiger partial charge >= 0.3 is 16.9 Å². The Morgan fingerprint density at radius 1 is 0.419 bits per heavy atom. The summed E-state index contributed by atoms with van der Waals surface area (Å²) in [6.45, 7) is 17.6. The number of hydrogen-bond donors (Lipinski definition) is 0. The van der Waals surface area contributed by atoms with Crippen molar-refractivity contribution in [3.63, 3.8) is 0 Å². The number of benzene rings is 6. The van der Waals surface area contributed by atoms with Gasteiger partial charge in [0.1, 0.15) is 0 Å². The number of rotatable bonds is 8. The van der Waals surface area contributed by atoms with E-state index < -0.39 is 22.3 Å². The first-order valence-corrected chi connectivity index (χ1v) is 23.5. The standard InChI is InChI=1S/C53H48N4O3P2/c1-33-25-43-51(49(27-33)59-61(54-29-35(3)39-17-9-13-21-45(39)54)55-30-36(4)40-18-10-14-22-46(40)55)58-52-44(53(43,7)8)26-34(2)28-50(52)60-62(56-31-37(5)41-19-11-15-23-47(41)56)57-32-38(6)42-20-12-16-24-48(42)57/h9-32H,1-8H3. The topological polar surface area (TPSA) is 47.4 Å². The van der Waals surface area contributed by atoms with Crippen molar-refractivity contribution in [3.05, 3.63) is 191 Å². The molecule has 4 aromatic heterocycles. The Morgan fingerprint density at radius 3 is 1.02 bits per heavy atom. The van der Waals surface area contributed by atoms with Crippen LogP contribution in [-0.2, 0) is 5.41 Å². The lowest BCUT2D eigenvalue weighted by Gasteiger charge is -2.37. The van der Waals surface area contributed by atoms with Gasteiger partial charge in [-0.3, -0.25) is 17.4 Å². The number of fused-ring (bicyclic) bond motifs is 6. The van der Waals surface area contributed by atoms with Crippen LogP contribution in [0.15, 0.2) is 146 Å². The maximum Gasteiger partial charge on any atom is 0.318 e. The number of ether oxygens (including phenoxy) is 1. The number of nitrogens with zero attached hydrogens (tertiary/aromatic N) is 4. The Balaban J connectivity index is 1.09. The number of hydrogen-bond acceptors (Lipinski definition) is 3. The predicted octanol–water partition coefficient (Wildman–Crippen LogP) is 15.2. The second-order valence-corrected chi connectivity index (χ2v) is 20.5. The van der Waals surface area contributed by atoms with Crippen molar-refractivity contribution in [2.24, 2.45) is 0 Å². The molecule has 0 N–H and O–H groups in total. The molecule has 10 aromatic rings. The van der Waals surface area contributed by atoms with Gasteiger partial charge in [0, 0.05) is 62.9 Å². The van der Waals surface area contributed by atoms with Gasteiger partial charge in [-0.1, -0.05) is 98.8 Å². The van der Waals surface area contributed by atoms with Crippen LogP contribution in [0.1, 0.15) is 58.4 Å². The van der Waals surface area contributed by atoms with E-state index in [1.54, 1.807) is 0 Å². The highest BCUT2D eigenvalue weighted by molar-refractivity contribution is 7.50. The normalized spacial score (nSPS) is 13.4. The predicted molar refractivity (Wildman–Crippen MR) is 258 cm³/mol. The fourth-order valence-corrected chi connectivity index (χ4v) is 13.4. The summed E-state index contributed by atoms with van der Waals surface area (Å²) in [6.07, 6.45) is 8.94. The Bertz CT molecular complexity index is 3040. The zero-order chi connectivity index (χ0) is 42.6. The summed E-state index contributed by atoms with van der Waals surface area (Å²) in [5.41, 5.74) is 13.2. The zero-order valence-electron chi connectivity index (χ0n) is 36.3. The second kappa shape index (κ2) is 14.4. The lowest BCUT2D eigenvalue weighted by atomic mass is 9.74. The van der Waals surface area contributed by atoms with Crippen LogP contribution in [-0.4, -0.2) is 17.4 Å². The molecule has 1 aliphatic heterocycles. The van der Waals surface area contributed by atoms with Gasteiger partial charge in [0.25, 0.3) is 0 Å². The van der Waals surface area contributed by atoms with E-state index >= 15 is 0 Å². The summed E-state index contributed by atoms with van der Waals surface area (Å²) in [6, 6.07) is 43.2. The van der Waals surface area contributed by atoms with Crippen LogP contribution in [0.2, 0.25) is 0 Å². The Morgan fingerprint density at radius 2 is 0.710 bits per heavy atom. The number of aryl methyl sites for hydroxylation is 6. The molecule has 0 atom stereocenters. The van der Waals surface area contributed by atoms with Crippen LogP contribution in [0.5, 0.6) is 23.0 Å². The van der Waals surface area contributed by atoms with Gasteiger partial charge in [-0.2, -0.15) is 0 Å². The van der Waals surface area contributed by atoms with Crippen molar-refractivity contribution in [3.8, 4) is 23.0 Å². The minimum atomic E-state index is -1.51. The molecule has 6 aromatic carbocycles. The smallest absolute Gasteiger partial charge is 0.318 e. The maximum absolute atomic E-state index is 7.52. The van der Waals surface area contributed by atoms with Crippen LogP contribution in [0.4, 0.5) is 0 Å². The summed E-state index contributed by atoms with van der Waals surface area (Å²) >= 11 is 0. The third kappa shape index (κ3) is 6.01. The maximum atomic E-state index is 7.52. The molecule has 62 heavy (non-hydrogen) atoms. The molecule has 9 heteroatoms. The van der Waals surface area contributed by atoms with E-state index in [1.165, 1.54) is 43.8 Å². The Hall–Kier alpha value is -6.26. The van der Waals surface area contributed by atoms with Crippen LogP contribution in [0.25, 0.3) is 43.6 Å². The molecule has 0 unspecified atom stereocenters. The van der Waals surface area contributed by atoms with Crippen molar-refractivity contribution in [1.82, 2.24) is 17.4 Å². The molecule has 308 valence electrons. The summed E-state index contributed by atoms with van der Waals surface area (Å²) < 4.78 is 31.7. The lowest BCUT2D eigenvalue weighted by molar-refractivity contribution is 0.384. The highest BCUT2D eigenvalue weighted by Crippen LogP contribution is 2.60. The van der Waals surface area contributed by atoms with E-state index in [4.69, 9.17) is 13.8 Å². The molecule has 0 radical (unpaired) electrons. The molecule has 1 aliphatic rings. The van der Waals surface area contributed by atoms with Gasteiger partial charge in [0.2, 0.25) is 0 Å². The number of para-hydroxylation sites is 4. The first kappa shape index (κ1) is 38.6. The van der Waals surface area contributed by atoms with Crippen LogP contribution >= 0.6 is 16.9 Å². The molecule has 0 amide bonds. The largest absolute Gasteiger partial charge is 0.449 e. The van der Waals surface area contributed by atoms with Crippen LogP contribution < -0.4 is 13.8 Å². The summed E-state index contributed by atoms with van der Waals surface area (Å²) in [7, 11) is -3.02. The van der Waals surface area contributed by atoms with E-state index in [0.29, 0.717) is 23.0 Å². The molecule has 5 heterocycles. The quantitative estimate of drug-likeness (QED) is 0.143. The van der Waals surface area contributed by atoms with Crippen LogP contribution in [0.3, 0.4) is 0 Å². The van der Waals surface area contributed by atoms with E-state index in [0.717, 1.165) is 44.3 Å². The molecule has 0 saturated carbocycles. The van der Waals surface area contributed by atoms with E-state index in [2.05, 4.69) is 219 Å². The van der Waals surface area contributed by atoms with Crippen molar-refractivity contribution in [2.45, 2.75) is 60.8 Å². The average Bonchev–Trinajstić information content (AvgIpc) is 4.00. The fraction of sp³-hybridized carbons (Fsp3) is 0.170. The SMILES string of the molecule is Cc1cc(OP(n2cc(C)c3ccccc32)n2cc(C)c3ccccc32)c2c(c1)C(C)(C)c1cc(C)cc(OP(n3cc(C)c4ccccc43)n3cc(C)c4ccccc43)c1O2. The fourth-order valence-electron chi connectivity index (χ4n) is 9.44. The third-order valence-corrected chi connectivity index (χ3v) is 16.1. The van der Waals surface area contributed by atoms with Gasteiger partial charge in [0.05, 0.1) is 22.1 Å². The molecule has 0 bridgehead atoms. The summed E-state index contributed by atoms with van der Waals surface area (Å²) in [4.78, 5) is 0. The monoisotopic (exact) mass is 850 g/mol. The summed E-state index contributed by atoms with van der Waals surface area (Å²) in [5.74, 6) is 2.82. The highest BCUT2D eigenvalue weighted by Gasteiger charge is 2.40. The molecule has 0 saturated heterocycles. The van der Waals surface area contributed by atoms with E-state index in [-0.39, 0.29) is 0 Å². The minimum absolute atomic E-state index is 0.455. The van der Waals surface area contributed by atoms with Gasteiger partial charge in [-0.25, -0.2) is 0 Å². The van der Waals surface area contributed by atoms with Crippen molar-refractivity contribution in [1.29, 1.82) is 0 Å². The highest BCUT2D eigenvalue weighted by atomic mass is 31.2. The Labute approximate surface area is 364 Å². The zero-order valence-corrected chi connectivity index (χ0v) is 38.1. The van der Waals surface area contributed by atoms with Gasteiger partial charge in [-0.05, 0) is 111 Å². The second-order valence-electron chi connectivity index (χ2n) is 17.4. The Kier molecular flexibility index (Phi) is 8.98. The van der Waals surface area contributed by atoms with E-state index in [1.807, 2.05) is 0 Å². The van der Waals surface area contributed by atoms with Crippen molar-refractivity contribution >= 4 is 60.5 Å². The van der Waals surface area contributed by atoms with Gasteiger partial charge in [0.15, 0.2) is 23.0 Å². The van der Waals surface area contributed by atoms with E-state index in [9.17, 15) is 0 Å².